The molecule has 3 aliphatic rings. The van der Waals surface area contributed by atoms with Gasteiger partial charge in [-0.05, 0) is 11.9 Å². The first-order valence-electron chi connectivity index (χ1n) is 11.1. The third-order valence-corrected chi connectivity index (χ3v) is 7.89. The van der Waals surface area contributed by atoms with Crippen LogP contribution in [0.4, 0.5) is 10.2 Å². The second kappa shape index (κ2) is 10.8. The Labute approximate surface area is 226 Å². The molecule has 3 amide bonds. The first-order valence-corrected chi connectivity index (χ1v) is 12.9. The van der Waals surface area contributed by atoms with Gasteiger partial charge in [-0.2, -0.15) is 4.83 Å². The lowest BCUT2D eigenvalue weighted by molar-refractivity contribution is -0.666. The predicted octanol–water partition coefficient (Wildman–Crippen LogP) is -1.79. The molecule has 0 radical (unpaired) electrons. The van der Waals surface area contributed by atoms with Gasteiger partial charge in [-0.3, -0.25) is 19.3 Å². The fourth-order valence-electron chi connectivity index (χ4n) is 4.15. The van der Waals surface area contributed by atoms with Gasteiger partial charge >= 0.3 is 11.6 Å². The Morgan fingerprint density at radius 3 is 3.00 bits per heavy atom. The number of alkyl halides is 1. The molecule has 1 saturated heterocycles. The molecule has 6 N–H and O–H groups in total. The normalized spacial score (nSPS) is 20.9. The number of carboxylic acid groups (broad SMARTS) is 1. The van der Waals surface area contributed by atoms with E-state index < -0.39 is 41.9 Å². The molecule has 19 heteroatoms. The van der Waals surface area contributed by atoms with Gasteiger partial charge in [0.2, 0.25) is 12.2 Å². The minimum atomic E-state index is -1.32. The van der Waals surface area contributed by atoms with Crippen LogP contribution in [0, 0.1) is 0 Å². The van der Waals surface area contributed by atoms with Crippen molar-refractivity contribution in [3.8, 4) is 0 Å². The molecule has 5 heterocycles. The van der Waals surface area contributed by atoms with Crippen LogP contribution >= 0.6 is 23.7 Å². The zero-order valence-electron chi connectivity index (χ0n) is 19.7. The summed E-state index contributed by atoms with van der Waals surface area (Å²) in [6.07, 6.45) is 4.99. The summed E-state index contributed by atoms with van der Waals surface area (Å²) in [6, 6.07) is 2.28. The van der Waals surface area contributed by atoms with Crippen LogP contribution in [0.5, 0.6) is 0 Å². The number of carbonyl (C=O) groups is 4. The van der Waals surface area contributed by atoms with Crippen molar-refractivity contribution in [2.75, 3.05) is 18.3 Å². The number of nitrogens with two attached hydrogens (primary N) is 1. The summed E-state index contributed by atoms with van der Waals surface area (Å²) in [7, 11) is 0. The van der Waals surface area contributed by atoms with Crippen molar-refractivity contribution in [2.24, 2.45) is 5.16 Å². The van der Waals surface area contributed by atoms with E-state index in [1.54, 1.807) is 29.1 Å². The van der Waals surface area contributed by atoms with E-state index in [0.29, 0.717) is 28.5 Å². The number of nitrogen functional groups attached to an aromatic ring is 1. The summed E-state index contributed by atoms with van der Waals surface area (Å²) < 4.78 is 15.9. The number of hydrazine groups is 1. The number of carboxylic acids is 1. The molecule has 1 fully saturated rings. The molecule has 2 aromatic rings. The average molecular weight is 580 g/mol. The van der Waals surface area contributed by atoms with Crippen LogP contribution < -0.4 is 25.8 Å². The van der Waals surface area contributed by atoms with E-state index in [4.69, 9.17) is 5.73 Å². The highest BCUT2D eigenvalue weighted by Gasteiger charge is 2.54. The molecular formula is C20H20FN10O6S2+. The van der Waals surface area contributed by atoms with Crippen molar-refractivity contribution < 1.29 is 38.1 Å². The monoisotopic (exact) mass is 579 g/mol. The second-order valence-electron chi connectivity index (χ2n) is 8.06. The maximum atomic E-state index is 13.1. The highest BCUT2D eigenvalue weighted by molar-refractivity contribution is 8.01. The van der Waals surface area contributed by atoms with Crippen LogP contribution in [0.15, 0.2) is 52.2 Å². The molecule has 3 aliphatic heterocycles. The van der Waals surface area contributed by atoms with Gasteiger partial charge in [0.05, 0.1) is 24.7 Å². The number of β-lactam (4-membered cyclic amide) rings is 1. The topological polar surface area (TPSA) is 200 Å². The fourth-order valence-corrected chi connectivity index (χ4v) is 6.09. The summed E-state index contributed by atoms with van der Waals surface area (Å²) >= 11 is 2.22. The maximum Gasteiger partial charge on any atom is 0.352 e. The van der Waals surface area contributed by atoms with Crippen LogP contribution in [-0.4, -0.2) is 78.7 Å². The highest BCUT2D eigenvalue weighted by Crippen LogP contribution is 2.40. The Kier molecular flexibility index (Phi) is 7.26. The van der Waals surface area contributed by atoms with Crippen molar-refractivity contribution in [3.63, 3.8) is 0 Å². The standard InChI is InChI=1S/C20H19FN10O6S2/c21-8-37-26-16(29-6-12(23-9-32)39-27-29)17(33)25-14-18(34)30-15(20(35)36)10(7-38-19(14)30)5-28-4-2-11(22)31-13(28)1-3-24-31/h1-4,6,9,14,19,22,27H,5,7-8H2,(H3,23,25,32,33,35,36)/p+1/t14-,19+/m1/s1. The molecule has 0 unspecified atom stereocenters. The van der Waals surface area contributed by atoms with Crippen molar-refractivity contribution in [3.05, 3.63) is 47.0 Å². The quantitative estimate of drug-likeness (QED) is 0.0448. The van der Waals surface area contributed by atoms with Gasteiger partial charge in [0.15, 0.2) is 0 Å². The molecule has 2 aromatic heterocycles. The number of aliphatic carboxylic acids is 1. The Bertz CT molecular complexity index is 1460. The first-order chi connectivity index (χ1) is 18.8. The number of amides is 3. The Morgan fingerprint density at radius 2 is 2.26 bits per heavy atom. The SMILES string of the molecule is Nc1cc[n+](CC2=C(C(=O)O)N3C(=O)[C@@H](NC(=O)C(=NOCF)N4C=C(NC=O)SN4)[C@@H]3SC2)c2ccnn12. The Morgan fingerprint density at radius 1 is 1.44 bits per heavy atom. The van der Waals surface area contributed by atoms with E-state index in [1.165, 1.54) is 22.5 Å². The van der Waals surface area contributed by atoms with Gasteiger partial charge in [0.25, 0.3) is 24.5 Å². The largest absolute Gasteiger partial charge is 0.477 e. The molecule has 0 aliphatic carbocycles. The molecule has 0 aromatic carbocycles. The van der Waals surface area contributed by atoms with E-state index in [-0.39, 0.29) is 18.0 Å². The lowest BCUT2D eigenvalue weighted by Crippen LogP contribution is -2.71. The van der Waals surface area contributed by atoms with E-state index in [2.05, 4.69) is 30.6 Å². The minimum absolute atomic E-state index is 0.163. The van der Waals surface area contributed by atoms with Crippen molar-refractivity contribution in [2.45, 2.75) is 18.0 Å². The van der Waals surface area contributed by atoms with E-state index in [0.717, 1.165) is 21.9 Å². The van der Waals surface area contributed by atoms with Crippen LogP contribution in [0.2, 0.25) is 0 Å². The lowest BCUT2D eigenvalue weighted by atomic mass is 10.0. The number of hydrogen-bond donors (Lipinski definition) is 5. The number of anilines is 1. The van der Waals surface area contributed by atoms with Gasteiger partial charge in [-0.25, -0.2) is 18.8 Å². The summed E-state index contributed by atoms with van der Waals surface area (Å²) in [4.78, 5) is 57.2. The zero-order valence-corrected chi connectivity index (χ0v) is 21.3. The number of fused-ring (bicyclic) bond motifs is 2. The van der Waals surface area contributed by atoms with E-state index in [1.807, 2.05) is 0 Å². The maximum absolute atomic E-state index is 13.1. The Hall–Kier alpha value is -4.36. The summed E-state index contributed by atoms with van der Waals surface area (Å²) in [6.45, 7) is -1.15. The zero-order chi connectivity index (χ0) is 27.7. The van der Waals surface area contributed by atoms with Crippen molar-refractivity contribution in [1.82, 2.24) is 35.0 Å². The number of rotatable bonds is 8. The number of hydrogen-bond acceptors (Lipinski definition) is 11. The Balaban J connectivity index is 1.35. The number of nitrogens with one attached hydrogen (secondary N) is 3. The number of amidine groups is 1. The molecule has 5 rings (SSSR count). The smallest absolute Gasteiger partial charge is 0.352 e. The number of halogens is 1. The number of nitrogens with zero attached hydrogens (tertiary/aromatic N) is 6. The average Bonchev–Trinajstić information content (AvgIpc) is 3.60. The second-order valence-corrected chi connectivity index (χ2v) is 9.99. The molecule has 16 nitrogen and oxygen atoms in total. The van der Waals surface area contributed by atoms with Crippen molar-refractivity contribution >= 4 is 65.2 Å². The van der Waals surface area contributed by atoms with Gasteiger partial charge in [0.1, 0.15) is 28.7 Å². The summed E-state index contributed by atoms with van der Waals surface area (Å²) in [5.41, 5.74) is 6.88. The van der Waals surface area contributed by atoms with Gasteiger partial charge in [0, 0.05) is 17.4 Å². The number of carbonyl (C=O) groups excluding carboxylic acids is 3. The molecule has 39 heavy (non-hydrogen) atoms. The molecular weight excluding hydrogens is 559 g/mol. The molecule has 2 atom stereocenters. The van der Waals surface area contributed by atoms with Crippen molar-refractivity contribution in [1.29, 1.82) is 0 Å². The molecule has 204 valence electrons. The van der Waals surface area contributed by atoms with Gasteiger partial charge in [-0.15, -0.1) is 11.8 Å². The van der Waals surface area contributed by atoms with Gasteiger partial charge in [-0.1, -0.05) is 14.8 Å². The van der Waals surface area contributed by atoms with Crippen LogP contribution in [0.25, 0.3) is 5.65 Å². The van der Waals surface area contributed by atoms with E-state index >= 15 is 0 Å². The fraction of sp³-hybridized carbons (Fsp3) is 0.250. The molecule has 0 saturated carbocycles. The first kappa shape index (κ1) is 26.3. The highest BCUT2D eigenvalue weighted by atomic mass is 32.2. The van der Waals surface area contributed by atoms with Crippen LogP contribution in [0.1, 0.15) is 0 Å². The third-order valence-electron chi connectivity index (χ3n) is 5.82. The molecule has 0 bridgehead atoms. The number of thioether (sulfide) groups is 1. The number of aromatic nitrogens is 3. The van der Waals surface area contributed by atoms with E-state index in [9.17, 15) is 28.7 Å². The predicted molar refractivity (Wildman–Crippen MR) is 134 cm³/mol. The summed E-state index contributed by atoms with van der Waals surface area (Å²) in [5.74, 6) is -2.60. The number of oxime groups is 1. The third kappa shape index (κ3) is 4.81. The van der Waals surface area contributed by atoms with Crippen LogP contribution in [0.3, 0.4) is 0 Å². The van der Waals surface area contributed by atoms with Crippen LogP contribution in [-0.2, 0) is 30.6 Å². The minimum Gasteiger partial charge on any atom is -0.477 e. The lowest BCUT2D eigenvalue weighted by Gasteiger charge is -2.49. The summed E-state index contributed by atoms with van der Waals surface area (Å²) in [5, 5.41) is 23.2. The molecule has 0 spiro atoms. The van der Waals surface area contributed by atoms with Gasteiger partial charge < -0.3 is 26.3 Å².